The van der Waals surface area contributed by atoms with Crippen molar-refractivity contribution < 1.29 is 9.21 Å². The first-order chi connectivity index (χ1) is 13.1. The number of likely N-dealkylation sites (tertiary alicyclic amines) is 1. The average Bonchev–Trinajstić information content (AvgIpc) is 3.33. The van der Waals surface area contributed by atoms with E-state index in [2.05, 4.69) is 26.7 Å². The predicted octanol–water partition coefficient (Wildman–Crippen LogP) is 3.23. The van der Waals surface area contributed by atoms with Gasteiger partial charge in [-0.25, -0.2) is 4.79 Å². The van der Waals surface area contributed by atoms with Gasteiger partial charge in [-0.15, -0.1) is 0 Å². The molecule has 7 heteroatoms. The number of hydrogen-bond acceptors (Lipinski definition) is 4. The summed E-state index contributed by atoms with van der Waals surface area (Å²) in [6, 6.07) is 5.92. The number of urea groups is 1. The summed E-state index contributed by atoms with van der Waals surface area (Å²) in [6.45, 7) is 5.65. The minimum atomic E-state index is -0.145. The van der Waals surface area contributed by atoms with E-state index in [9.17, 15) is 4.79 Å². The highest BCUT2D eigenvalue weighted by Gasteiger charge is 2.27. The lowest BCUT2D eigenvalue weighted by Crippen LogP contribution is -2.39. The van der Waals surface area contributed by atoms with Crippen molar-refractivity contribution >= 4 is 11.8 Å². The quantitative estimate of drug-likeness (QED) is 0.817. The summed E-state index contributed by atoms with van der Waals surface area (Å²) in [7, 11) is 1.87. The molecule has 146 valence electrons. The van der Waals surface area contributed by atoms with Crippen molar-refractivity contribution in [2.75, 3.05) is 25.0 Å². The summed E-state index contributed by atoms with van der Waals surface area (Å²) in [5, 5.41) is 10.4. The Morgan fingerprint density at radius 3 is 2.70 bits per heavy atom. The Kier molecular flexibility index (Phi) is 5.20. The molecule has 0 atom stereocenters. The molecule has 0 spiro atoms. The van der Waals surface area contributed by atoms with E-state index in [1.54, 1.807) is 4.68 Å². The number of nitrogens with one attached hydrogen (secondary N) is 2. The smallest absolute Gasteiger partial charge is 0.320 e. The van der Waals surface area contributed by atoms with Gasteiger partial charge in [-0.2, -0.15) is 5.10 Å². The van der Waals surface area contributed by atoms with Gasteiger partial charge in [-0.3, -0.25) is 14.9 Å². The van der Waals surface area contributed by atoms with Crippen molar-refractivity contribution in [1.29, 1.82) is 0 Å². The SMILES string of the molecule is Cc1ccc(CN2CCC(CNC(=O)Nc3cc(C4CC4)nn3C)CC2)o1. The van der Waals surface area contributed by atoms with E-state index in [-0.39, 0.29) is 6.03 Å². The van der Waals surface area contributed by atoms with Crippen molar-refractivity contribution in [1.82, 2.24) is 20.0 Å². The Labute approximate surface area is 160 Å². The second-order valence-corrected chi connectivity index (χ2v) is 7.92. The largest absolute Gasteiger partial charge is 0.465 e. The number of carbonyl (C=O) groups excluding carboxylic acids is 1. The van der Waals surface area contributed by atoms with Crippen LogP contribution in [-0.2, 0) is 13.6 Å². The standard InChI is InChI=1S/C20H29N5O2/c1-14-3-6-17(27-14)13-25-9-7-15(8-10-25)12-21-20(26)22-19-11-18(16-4-5-16)23-24(19)2/h3,6,11,15-16H,4-5,7-10,12-13H2,1-2H3,(H2,21,22,26). The van der Waals surface area contributed by atoms with E-state index in [4.69, 9.17) is 4.42 Å². The molecule has 0 aromatic carbocycles. The Bertz CT molecular complexity index is 784. The maximum Gasteiger partial charge on any atom is 0.320 e. The molecule has 2 aromatic heterocycles. The van der Waals surface area contributed by atoms with Crippen molar-refractivity contribution in [2.24, 2.45) is 13.0 Å². The highest BCUT2D eigenvalue weighted by atomic mass is 16.3. The summed E-state index contributed by atoms with van der Waals surface area (Å²) in [4.78, 5) is 14.6. The van der Waals surface area contributed by atoms with Gasteiger partial charge in [0.05, 0.1) is 12.2 Å². The first-order valence-electron chi connectivity index (χ1n) is 9.93. The first-order valence-corrected chi connectivity index (χ1v) is 9.93. The molecule has 7 nitrogen and oxygen atoms in total. The van der Waals surface area contributed by atoms with E-state index in [0.29, 0.717) is 18.4 Å². The number of furan rings is 1. The Hall–Kier alpha value is -2.28. The molecule has 3 heterocycles. The third-order valence-corrected chi connectivity index (χ3v) is 5.57. The van der Waals surface area contributed by atoms with Gasteiger partial charge in [-0.05, 0) is 63.7 Å². The van der Waals surface area contributed by atoms with Gasteiger partial charge in [0.2, 0.25) is 0 Å². The van der Waals surface area contributed by atoms with Crippen LogP contribution < -0.4 is 10.6 Å². The Balaban J connectivity index is 1.18. The van der Waals surface area contributed by atoms with Crippen LogP contribution >= 0.6 is 0 Å². The van der Waals surface area contributed by atoms with Crippen LogP contribution in [0.5, 0.6) is 0 Å². The Morgan fingerprint density at radius 1 is 1.26 bits per heavy atom. The van der Waals surface area contributed by atoms with Crippen molar-refractivity contribution in [3.8, 4) is 0 Å². The third kappa shape index (κ3) is 4.71. The summed E-state index contributed by atoms with van der Waals surface area (Å²) in [5.41, 5.74) is 1.09. The number of piperidine rings is 1. The zero-order valence-electron chi connectivity index (χ0n) is 16.2. The molecule has 4 rings (SSSR count). The van der Waals surface area contributed by atoms with Crippen LogP contribution in [0.25, 0.3) is 0 Å². The van der Waals surface area contributed by atoms with E-state index in [1.165, 1.54) is 12.8 Å². The molecule has 0 radical (unpaired) electrons. The van der Waals surface area contributed by atoms with Gasteiger partial charge in [-0.1, -0.05) is 0 Å². The maximum absolute atomic E-state index is 12.2. The number of carbonyl (C=O) groups is 1. The fraction of sp³-hybridized carbons (Fsp3) is 0.600. The molecule has 27 heavy (non-hydrogen) atoms. The Morgan fingerprint density at radius 2 is 2.04 bits per heavy atom. The van der Waals surface area contributed by atoms with Gasteiger partial charge < -0.3 is 9.73 Å². The van der Waals surface area contributed by atoms with E-state index in [0.717, 1.165) is 55.5 Å². The summed E-state index contributed by atoms with van der Waals surface area (Å²) in [6.07, 6.45) is 4.61. The molecule has 2 aliphatic rings. The van der Waals surface area contributed by atoms with Crippen molar-refractivity contribution in [3.05, 3.63) is 35.4 Å². The molecule has 2 fully saturated rings. The van der Waals surface area contributed by atoms with Gasteiger partial charge in [0.1, 0.15) is 17.3 Å². The minimum absolute atomic E-state index is 0.145. The fourth-order valence-corrected chi connectivity index (χ4v) is 3.72. The van der Waals surface area contributed by atoms with Crippen LogP contribution in [-0.4, -0.2) is 40.3 Å². The van der Waals surface area contributed by atoms with Crippen LogP contribution in [0.3, 0.4) is 0 Å². The molecule has 2 amide bonds. The molecular formula is C20H29N5O2. The van der Waals surface area contributed by atoms with Gasteiger partial charge in [0, 0.05) is 25.6 Å². The third-order valence-electron chi connectivity index (χ3n) is 5.57. The average molecular weight is 371 g/mol. The number of rotatable bonds is 6. The number of hydrogen-bond donors (Lipinski definition) is 2. The topological polar surface area (TPSA) is 75.3 Å². The normalized spacial score (nSPS) is 18.6. The minimum Gasteiger partial charge on any atom is -0.465 e. The van der Waals surface area contributed by atoms with Gasteiger partial charge in [0.15, 0.2) is 0 Å². The molecule has 1 aliphatic carbocycles. The fourth-order valence-electron chi connectivity index (χ4n) is 3.72. The zero-order chi connectivity index (χ0) is 18.8. The van der Waals surface area contributed by atoms with E-state index >= 15 is 0 Å². The number of amides is 2. The lowest BCUT2D eigenvalue weighted by Gasteiger charge is -2.31. The predicted molar refractivity (Wildman–Crippen MR) is 104 cm³/mol. The summed E-state index contributed by atoms with van der Waals surface area (Å²) < 4.78 is 7.42. The second kappa shape index (κ2) is 7.76. The highest BCUT2D eigenvalue weighted by molar-refractivity contribution is 5.88. The summed E-state index contributed by atoms with van der Waals surface area (Å²) in [5.74, 6) is 3.87. The molecule has 1 aliphatic heterocycles. The number of nitrogens with zero attached hydrogens (tertiary/aromatic N) is 3. The molecular weight excluding hydrogens is 342 g/mol. The molecule has 0 bridgehead atoms. The zero-order valence-corrected chi connectivity index (χ0v) is 16.2. The first kappa shape index (κ1) is 18.1. The van der Waals surface area contributed by atoms with Crippen LogP contribution in [0.1, 0.15) is 48.8 Å². The molecule has 0 unspecified atom stereocenters. The lowest BCUT2D eigenvalue weighted by molar-refractivity contribution is 0.165. The molecule has 2 aromatic rings. The molecule has 1 saturated carbocycles. The summed E-state index contributed by atoms with van der Waals surface area (Å²) >= 11 is 0. The van der Waals surface area contributed by atoms with Crippen LogP contribution in [0.15, 0.2) is 22.6 Å². The molecule has 1 saturated heterocycles. The van der Waals surface area contributed by atoms with Gasteiger partial charge in [0.25, 0.3) is 0 Å². The lowest BCUT2D eigenvalue weighted by atomic mass is 9.97. The highest BCUT2D eigenvalue weighted by Crippen LogP contribution is 2.39. The monoisotopic (exact) mass is 371 g/mol. The van der Waals surface area contributed by atoms with Gasteiger partial charge >= 0.3 is 6.03 Å². The molecule has 2 N–H and O–H groups in total. The van der Waals surface area contributed by atoms with Crippen molar-refractivity contribution in [2.45, 2.75) is 45.1 Å². The van der Waals surface area contributed by atoms with Crippen LogP contribution in [0, 0.1) is 12.8 Å². The van der Waals surface area contributed by atoms with Crippen LogP contribution in [0.2, 0.25) is 0 Å². The number of aryl methyl sites for hydroxylation is 2. The van der Waals surface area contributed by atoms with Crippen molar-refractivity contribution in [3.63, 3.8) is 0 Å². The van der Waals surface area contributed by atoms with Crippen LogP contribution in [0.4, 0.5) is 10.6 Å². The number of aromatic nitrogens is 2. The van der Waals surface area contributed by atoms with E-state index < -0.39 is 0 Å². The number of anilines is 1. The second-order valence-electron chi connectivity index (χ2n) is 7.92. The maximum atomic E-state index is 12.2. The van der Waals surface area contributed by atoms with E-state index in [1.807, 2.05) is 26.1 Å².